The maximum absolute atomic E-state index is 5.82. The van der Waals surface area contributed by atoms with Crippen LogP contribution in [-0.4, -0.2) is 40.1 Å². The van der Waals surface area contributed by atoms with Crippen LogP contribution >= 0.6 is 11.8 Å². The van der Waals surface area contributed by atoms with Gasteiger partial charge in [-0.05, 0) is 32.4 Å². The number of nitrogens with two attached hydrogens (primary N) is 1. The van der Waals surface area contributed by atoms with Crippen LogP contribution in [0.5, 0.6) is 0 Å². The number of rotatable bonds is 8. The molecule has 6 nitrogen and oxygen atoms in total. The summed E-state index contributed by atoms with van der Waals surface area (Å²) in [6.45, 7) is 7.12. The summed E-state index contributed by atoms with van der Waals surface area (Å²) in [6.07, 6.45) is 9.06. The maximum Gasteiger partial charge on any atom is 0.191 e. The molecule has 0 amide bonds. The molecule has 1 aliphatic carbocycles. The van der Waals surface area contributed by atoms with Gasteiger partial charge in [0.2, 0.25) is 0 Å². The van der Waals surface area contributed by atoms with Gasteiger partial charge in [-0.15, -0.1) is 10.2 Å². The van der Waals surface area contributed by atoms with E-state index < -0.39 is 0 Å². The second-order valence-electron chi connectivity index (χ2n) is 6.10. The van der Waals surface area contributed by atoms with Crippen LogP contribution < -0.4 is 11.1 Å². The Bertz CT molecular complexity index is 545. The van der Waals surface area contributed by atoms with E-state index >= 15 is 0 Å². The summed E-state index contributed by atoms with van der Waals surface area (Å²) < 4.78 is 2.36. The van der Waals surface area contributed by atoms with Gasteiger partial charge < -0.3 is 15.6 Å². The summed E-state index contributed by atoms with van der Waals surface area (Å²) in [5.74, 6) is 1.58. The molecular weight excluding hydrogens is 308 g/mol. The van der Waals surface area contributed by atoms with Crippen LogP contribution in [0.1, 0.15) is 50.9 Å². The Hall–Kier alpha value is -1.50. The highest BCUT2D eigenvalue weighted by molar-refractivity contribution is 7.98. The average molecular weight is 337 g/mol. The van der Waals surface area contributed by atoms with Crippen molar-refractivity contribution in [1.82, 2.24) is 20.1 Å². The van der Waals surface area contributed by atoms with Gasteiger partial charge in [-0.3, -0.25) is 0 Å². The van der Waals surface area contributed by atoms with Crippen molar-refractivity contribution < 1.29 is 0 Å². The molecule has 1 saturated carbocycles. The van der Waals surface area contributed by atoms with Crippen LogP contribution in [-0.2, 0) is 6.42 Å². The lowest BCUT2D eigenvalue weighted by molar-refractivity contribution is 0.460. The second kappa shape index (κ2) is 8.96. The summed E-state index contributed by atoms with van der Waals surface area (Å²) in [5, 5.41) is 12.9. The lowest BCUT2D eigenvalue weighted by atomic mass is 10.2. The van der Waals surface area contributed by atoms with E-state index in [9.17, 15) is 0 Å². The first-order chi connectivity index (χ1) is 11.1. The quantitative estimate of drug-likeness (QED) is 0.251. The number of guanidine groups is 1. The van der Waals surface area contributed by atoms with E-state index in [1.54, 1.807) is 11.8 Å². The molecule has 0 spiro atoms. The topological polar surface area (TPSA) is 81.1 Å². The third-order valence-corrected chi connectivity index (χ3v) is 4.65. The molecule has 1 aromatic heterocycles. The number of hydrogen-bond acceptors (Lipinski definition) is 4. The molecule has 0 bridgehead atoms. The molecule has 0 aliphatic heterocycles. The minimum atomic E-state index is 0.482. The zero-order chi connectivity index (χ0) is 16.7. The summed E-state index contributed by atoms with van der Waals surface area (Å²) in [5.41, 5.74) is 6.82. The van der Waals surface area contributed by atoms with Gasteiger partial charge in [0.05, 0.1) is 6.54 Å². The van der Waals surface area contributed by atoms with Crippen molar-refractivity contribution in [2.75, 3.05) is 19.3 Å². The van der Waals surface area contributed by atoms with E-state index in [1.807, 2.05) is 6.92 Å². The molecule has 0 saturated heterocycles. The minimum absolute atomic E-state index is 0.482. The van der Waals surface area contributed by atoms with Crippen molar-refractivity contribution in [3.05, 3.63) is 18.0 Å². The fourth-order valence-corrected chi connectivity index (χ4v) is 3.46. The first kappa shape index (κ1) is 17.8. The van der Waals surface area contributed by atoms with Crippen LogP contribution in [0.25, 0.3) is 0 Å². The molecule has 1 heterocycles. The highest BCUT2D eigenvalue weighted by Gasteiger charge is 2.23. The van der Waals surface area contributed by atoms with Gasteiger partial charge in [0.15, 0.2) is 11.1 Å². The van der Waals surface area contributed by atoms with Crippen molar-refractivity contribution >= 4 is 17.7 Å². The number of aliphatic imine (C=N–C) groups is 1. The van der Waals surface area contributed by atoms with Gasteiger partial charge in [0.25, 0.3) is 0 Å². The third-order valence-electron chi connectivity index (χ3n) is 4.01. The largest absolute Gasteiger partial charge is 0.370 e. The molecule has 1 aromatic rings. The smallest absolute Gasteiger partial charge is 0.191 e. The summed E-state index contributed by atoms with van der Waals surface area (Å²) in [7, 11) is 0. The van der Waals surface area contributed by atoms with Crippen molar-refractivity contribution in [2.24, 2.45) is 10.7 Å². The lowest BCUT2D eigenvalue weighted by Gasteiger charge is -2.16. The summed E-state index contributed by atoms with van der Waals surface area (Å²) >= 11 is 1.68. The van der Waals surface area contributed by atoms with Gasteiger partial charge in [-0.2, -0.15) is 0 Å². The lowest BCUT2D eigenvalue weighted by Crippen LogP contribution is -2.33. The van der Waals surface area contributed by atoms with E-state index in [2.05, 4.69) is 37.9 Å². The molecule has 7 heteroatoms. The Kier molecular flexibility index (Phi) is 6.95. The Morgan fingerprint density at radius 2 is 2.17 bits per heavy atom. The van der Waals surface area contributed by atoms with E-state index in [-0.39, 0.29) is 0 Å². The van der Waals surface area contributed by atoms with Crippen LogP contribution in [0.3, 0.4) is 0 Å². The zero-order valence-corrected chi connectivity index (χ0v) is 15.0. The maximum atomic E-state index is 5.82. The first-order valence-corrected chi connectivity index (χ1v) is 9.50. The molecule has 0 radical (unpaired) electrons. The van der Waals surface area contributed by atoms with Crippen LogP contribution in [0.2, 0.25) is 0 Å². The van der Waals surface area contributed by atoms with Gasteiger partial charge in [-0.25, -0.2) is 4.99 Å². The molecule has 3 N–H and O–H groups in total. The number of aromatic nitrogens is 3. The second-order valence-corrected chi connectivity index (χ2v) is 6.87. The van der Waals surface area contributed by atoms with Gasteiger partial charge in [0.1, 0.15) is 5.82 Å². The number of nitrogens with zero attached hydrogens (tertiary/aromatic N) is 4. The SMILES string of the molecule is C=C(C)CN=C(N)NCCCc1nnc(SC)n1C1CCCC1. The highest BCUT2D eigenvalue weighted by atomic mass is 32.2. The molecule has 0 unspecified atom stereocenters. The number of thioether (sulfide) groups is 1. The van der Waals surface area contributed by atoms with E-state index in [0.29, 0.717) is 18.5 Å². The van der Waals surface area contributed by atoms with Gasteiger partial charge in [-0.1, -0.05) is 36.8 Å². The molecule has 128 valence electrons. The summed E-state index contributed by atoms with van der Waals surface area (Å²) in [4.78, 5) is 4.21. The van der Waals surface area contributed by atoms with E-state index in [0.717, 1.165) is 35.9 Å². The number of hydrogen-bond donors (Lipinski definition) is 2. The van der Waals surface area contributed by atoms with E-state index in [4.69, 9.17) is 5.73 Å². The molecule has 1 aliphatic rings. The fourth-order valence-electron chi connectivity index (χ4n) is 2.89. The Morgan fingerprint density at radius 3 is 2.83 bits per heavy atom. The number of aryl methyl sites for hydroxylation is 1. The number of nitrogens with one attached hydrogen (secondary N) is 1. The van der Waals surface area contributed by atoms with Crippen molar-refractivity contribution in [2.45, 2.75) is 56.6 Å². The van der Waals surface area contributed by atoms with Gasteiger partial charge in [0, 0.05) is 19.0 Å². The monoisotopic (exact) mass is 336 g/mol. The van der Waals surface area contributed by atoms with Crippen LogP contribution in [0, 0.1) is 0 Å². The predicted octanol–water partition coefficient (Wildman–Crippen LogP) is 2.53. The third kappa shape index (κ3) is 5.27. The summed E-state index contributed by atoms with van der Waals surface area (Å²) in [6, 6.07) is 0.581. The van der Waals surface area contributed by atoms with Crippen LogP contribution in [0.4, 0.5) is 0 Å². The zero-order valence-electron chi connectivity index (χ0n) is 14.2. The highest BCUT2D eigenvalue weighted by Crippen LogP contribution is 2.33. The normalized spacial score (nSPS) is 16.0. The first-order valence-electron chi connectivity index (χ1n) is 8.27. The Morgan fingerprint density at radius 1 is 1.43 bits per heavy atom. The molecule has 23 heavy (non-hydrogen) atoms. The molecule has 2 rings (SSSR count). The molecule has 0 atom stereocenters. The van der Waals surface area contributed by atoms with Crippen molar-refractivity contribution in [3.63, 3.8) is 0 Å². The Labute approximate surface area is 143 Å². The molecular formula is C16H28N6S. The van der Waals surface area contributed by atoms with Crippen molar-refractivity contribution in [1.29, 1.82) is 0 Å². The standard InChI is InChI=1S/C16H28N6S/c1-12(2)11-19-15(17)18-10-6-9-14-20-21-16(23-3)22(14)13-7-4-5-8-13/h13H,1,4-11H2,2-3H3,(H3,17,18,19). The molecule has 0 aromatic carbocycles. The minimum Gasteiger partial charge on any atom is -0.370 e. The van der Waals surface area contributed by atoms with Gasteiger partial charge >= 0.3 is 0 Å². The van der Waals surface area contributed by atoms with Crippen molar-refractivity contribution in [3.8, 4) is 0 Å². The average Bonchev–Trinajstić information content (AvgIpc) is 3.17. The van der Waals surface area contributed by atoms with Crippen LogP contribution in [0.15, 0.2) is 22.3 Å². The van der Waals surface area contributed by atoms with E-state index in [1.165, 1.54) is 25.7 Å². The molecule has 1 fully saturated rings. The Balaban J connectivity index is 1.85. The fraction of sp³-hybridized carbons (Fsp3) is 0.688. The predicted molar refractivity (Wildman–Crippen MR) is 96.9 cm³/mol.